The zero-order valence-corrected chi connectivity index (χ0v) is 18.0. The summed E-state index contributed by atoms with van der Waals surface area (Å²) < 4.78 is 16.8. The zero-order chi connectivity index (χ0) is 20.0. The van der Waals surface area contributed by atoms with E-state index in [0.29, 0.717) is 31.7 Å². The number of hydrogen-bond donors (Lipinski definition) is 0. The molecule has 144 valence electrons. The summed E-state index contributed by atoms with van der Waals surface area (Å²) in [6.07, 6.45) is 3.35. The number of amides is 1. The molecular formula is C18H18BrNO5S2. The number of benzene rings is 1. The Morgan fingerprint density at radius 3 is 2.81 bits per heavy atom. The third-order valence-corrected chi connectivity index (χ3v) is 5.34. The standard InChI is InChI=1S/C18H18BrNO5S2/c1-4-6-20-17(22)14(27-18(20)26)9-11-7-12(19)16(13(8-11)23-3)25-10-15(21)24-5-2/h4,7-9H,1,5-6,10H2,2-3H3/b14-9+. The molecule has 2 rings (SSSR count). The van der Waals surface area contributed by atoms with Crippen LogP contribution in [-0.2, 0) is 14.3 Å². The van der Waals surface area contributed by atoms with Crippen LogP contribution in [0.4, 0.5) is 0 Å². The smallest absolute Gasteiger partial charge is 0.344 e. The molecule has 1 saturated heterocycles. The van der Waals surface area contributed by atoms with Gasteiger partial charge in [0.2, 0.25) is 0 Å². The summed E-state index contributed by atoms with van der Waals surface area (Å²) in [6.45, 7) is 5.78. The van der Waals surface area contributed by atoms with Gasteiger partial charge >= 0.3 is 5.97 Å². The minimum atomic E-state index is -0.471. The van der Waals surface area contributed by atoms with E-state index in [4.69, 9.17) is 26.4 Å². The van der Waals surface area contributed by atoms with Crippen molar-refractivity contribution in [2.75, 3.05) is 26.9 Å². The average molecular weight is 472 g/mol. The molecule has 1 aliphatic heterocycles. The number of carbonyl (C=O) groups is 2. The second-order valence-corrected chi connectivity index (χ2v) is 7.74. The van der Waals surface area contributed by atoms with Crippen molar-refractivity contribution in [3.05, 3.63) is 39.7 Å². The number of hydrogen-bond acceptors (Lipinski definition) is 7. The van der Waals surface area contributed by atoms with Gasteiger partial charge in [0.05, 0.1) is 23.1 Å². The molecule has 27 heavy (non-hydrogen) atoms. The Bertz CT molecular complexity index is 809. The lowest BCUT2D eigenvalue weighted by molar-refractivity contribution is -0.145. The number of rotatable bonds is 8. The van der Waals surface area contributed by atoms with Gasteiger partial charge in [0.25, 0.3) is 5.91 Å². The summed E-state index contributed by atoms with van der Waals surface area (Å²) in [5.74, 6) is 0.160. The molecule has 1 aliphatic rings. The third-order valence-electron chi connectivity index (χ3n) is 3.37. The van der Waals surface area contributed by atoms with E-state index in [1.54, 1.807) is 31.2 Å². The monoisotopic (exact) mass is 471 g/mol. The van der Waals surface area contributed by atoms with Crippen LogP contribution in [-0.4, -0.2) is 48.0 Å². The van der Waals surface area contributed by atoms with Gasteiger partial charge in [0, 0.05) is 6.54 Å². The van der Waals surface area contributed by atoms with Crippen LogP contribution in [0, 0.1) is 0 Å². The summed E-state index contributed by atoms with van der Waals surface area (Å²) in [5.41, 5.74) is 0.723. The number of thiocarbonyl (C=S) groups is 1. The lowest BCUT2D eigenvalue weighted by Gasteiger charge is -2.13. The fraction of sp³-hybridized carbons (Fsp3) is 0.278. The molecule has 1 heterocycles. The van der Waals surface area contributed by atoms with Gasteiger partial charge in [-0.2, -0.15) is 0 Å². The highest BCUT2D eigenvalue weighted by Gasteiger charge is 2.31. The van der Waals surface area contributed by atoms with Crippen LogP contribution < -0.4 is 9.47 Å². The highest BCUT2D eigenvalue weighted by Crippen LogP contribution is 2.39. The van der Waals surface area contributed by atoms with E-state index in [0.717, 1.165) is 5.56 Å². The molecule has 0 saturated carbocycles. The van der Waals surface area contributed by atoms with Crippen LogP contribution in [0.15, 0.2) is 34.2 Å². The Hall–Kier alpha value is -1.84. The van der Waals surface area contributed by atoms with E-state index in [-0.39, 0.29) is 19.1 Å². The van der Waals surface area contributed by atoms with Crippen LogP contribution in [0.5, 0.6) is 11.5 Å². The first kappa shape index (κ1) is 21.5. The molecule has 0 aromatic heterocycles. The lowest BCUT2D eigenvalue weighted by atomic mass is 10.2. The normalized spacial score (nSPS) is 15.2. The molecule has 1 aromatic carbocycles. The van der Waals surface area contributed by atoms with Gasteiger partial charge < -0.3 is 14.2 Å². The minimum Gasteiger partial charge on any atom is -0.493 e. The van der Waals surface area contributed by atoms with Crippen molar-refractivity contribution >= 4 is 62.2 Å². The van der Waals surface area contributed by atoms with Crippen LogP contribution in [0.1, 0.15) is 12.5 Å². The number of carbonyl (C=O) groups excluding carboxylic acids is 2. The van der Waals surface area contributed by atoms with Gasteiger partial charge in [-0.05, 0) is 46.6 Å². The number of thioether (sulfide) groups is 1. The second kappa shape index (κ2) is 9.91. The molecule has 0 unspecified atom stereocenters. The number of ether oxygens (including phenoxy) is 3. The zero-order valence-electron chi connectivity index (χ0n) is 14.8. The third kappa shape index (κ3) is 5.33. The van der Waals surface area contributed by atoms with Crippen LogP contribution >= 0.6 is 39.9 Å². The molecule has 0 atom stereocenters. The summed E-state index contributed by atoms with van der Waals surface area (Å²) in [4.78, 5) is 25.9. The van der Waals surface area contributed by atoms with Gasteiger partial charge in [-0.25, -0.2) is 4.79 Å². The summed E-state index contributed by atoms with van der Waals surface area (Å²) >= 11 is 9.88. The molecule has 6 nitrogen and oxygen atoms in total. The molecule has 0 aliphatic carbocycles. The fourth-order valence-corrected chi connectivity index (χ4v) is 4.08. The summed E-state index contributed by atoms with van der Waals surface area (Å²) in [5, 5.41) is 0. The largest absolute Gasteiger partial charge is 0.493 e. The molecule has 9 heteroatoms. The van der Waals surface area contributed by atoms with Crippen molar-refractivity contribution in [1.29, 1.82) is 0 Å². The van der Waals surface area contributed by atoms with Crippen molar-refractivity contribution in [2.45, 2.75) is 6.92 Å². The van der Waals surface area contributed by atoms with Crippen molar-refractivity contribution in [1.82, 2.24) is 4.90 Å². The Balaban J connectivity index is 2.26. The minimum absolute atomic E-state index is 0.164. The predicted molar refractivity (Wildman–Crippen MR) is 113 cm³/mol. The van der Waals surface area contributed by atoms with E-state index in [9.17, 15) is 9.59 Å². The SMILES string of the molecule is C=CCN1C(=O)/C(=C\c2cc(Br)c(OCC(=O)OCC)c(OC)c2)SC1=S. The maximum atomic E-state index is 12.4. The number of esters is 1. The van der Waals surface area contributed by atoms with Gasteiger partial charge in [-0.15, -0.1) is 6.58 Å². The number of halogens is 1. The molecule has 0 bridgehead atoms. The van der Waals surface area contributed by atoms with Crippen LogP contribution in [0.3, 0.4) is 0 Å². The molecule has 1 aromatic rings. The van der Waals surface area contributed by atoms with Crippen LogP contribution in [0.2, 0.25) is 0 Å². The summed E-state index contributed by atoms with van der Waals surface area (Å²) in [6, 6.07) is 3.48. The van der Waals surface area contributed by atoms with Gasteiger partial charge in [0.15, 0.2) is 18.1 Å². The Labute approximate surface area is 175 Å². The fourth-order valence-electron chi connectivity index (χ4n) is 2.23. The second-order valence-electron chi connectivity index (χ2n) is 5.21. The quantitative estimate of drug-likeness (QED) is 0.247. The molecule has 0 spiro atoms. The lowest BCUT2D eigenvalue weighted by Crippen LogP contribution is -2.27. The molecule has 1 amide bonds. The number of nitrogens with zero attached hydrogens (tertiary/aromatic N) is 1. The highest BCUT2D eigenvalue weighted by molar-refractivity contribution is 9.10. The Morgan fingerprint density at radius 2 is 2.19 bits per heavy atom. The maximum absolute atomic E-state index is 12.4. The van der Waals surface area contributed by atoms with Gasteiger partial charge in [0.1, 0.15) is 4.32 Å². The first-order chi connectivity index (χ1) is 12.9. The first-order valence-electron chi connectivity index (χ1n) is 7.93. The maximum Gasteiger partial charge on any atom is 0.344 e. The van der Waals surface area contributed by atoms with E-state index in [2.05, 4.69) is 22.5 Å². The highest BCUT2D eigenvalue weighted by atomic mass is 79.9. The van der Waals surface area contributed by atoms with E-state index in [1.165, 1.54) is 23.8 Å². The Morgan fingerprint density at radius 1 is 1.44 bits per heavy atom. The van der Waals surface area contributed by atoms with E-state index in [1.807, 2.05) is 0 Å². The predicted octanol–water partition coefficient (Wildman–Crippen LogP) is 3.79. The molecule has 0 radical (unpaired) electrons. The summed E-state index contributed by atoms with van der Waals surface area (Å²) in [7, 11) is 1.49. The topological polar surface area (TPSA) is 65.1 Å². The molecule has 0 N–H and O–H groups in total. The van der Waals surface area contributed by atoms with E-state index < -0.39 is 5.97 Å². The van der Waals surface area contributed by atoms with Crippen molar-refractivity contribution in [3.8, 4) is 11.5 Å². The van der Waals surface area contributed by atoms with Crippen molar-refractivity contribution in [3.63, 3.8) is 0 Å². The van der Waals surface area contributed by atoms with E-state index >= 15 is 0 Å². The Kier molecular flexibility index (Phi) is 7.88. The first-order valence-corrected chi connectivity index (χ1v) is 9.95. The van der Waals surface area contributed by atoms with Crippen LogP contribution in [0.25, 0.3) is 6.08 Å². The van der Waals surface area contributed by atoms with Crippen molar-refractivity contribution in [2.24, 2.45) is 0 Å². The van der Waals surface area contributed by atoms with Crippen molar-refractivity contribution < 1.29 is 23.8 Å². The van der Waals surface area contributed by atoms with Gasteiger partial charge in [-0.1, -0.05) is 30.1 Å². The molecule has 1 fully saturated rings. The van der Waals surface area contributed by atoms with Gasteiger partial charge in [-0.3, -0.25) is 9.69 Å². The molecular weight excluding hydrogens is 454 g/mol. The average Bonchev–Trinajstić information content (AvgIpc) is 2.88. The number of methoxy groups -OCH3 is 1.